The Balaban J connectivity index is 2.10. The van der Waals surface area contributed by atoms with E-state index in [0.29, 0.717) is 11.1 Å². The van der Waals surface area contributed by atoms with Gasteiger partial charge in [-0.2, -0.15) is 0 Å². The summed E-state index contributed by atoms with van der Waals surface area (Å²) < 4.78 is 2.14. The second-order valence-electron chi connectivity index (χ2n) is 4.74. The van der Waals surface area contributed by atoms with Crippen LogP contribution < -0.4 is 5.32 Å². The fraction of sp³-hybridized carbons (Fsp3) is 0.462. The molecule has 17 heavy (non-hydrogen) atoms. The number of aryl methyl sites for hydroxylation is 1. The molecule has 90 valence electrons. The second-order valence-corrected chi connectivity index (χ2v) is 5.10. The molecule has 2 aromatic rings. The largest absolute Gasteiger partial charge is 0.317 e. The first kappa shape index (κ1) is 11.1. The van der Waals surface area contributed by atoms with E-state index < -0.39 is 0 Å². The van der Waals surface area contributed by atoms with Gasteiger partial charge in [-0.3, -0.25) is 0 Å². The van der Waals surface area contributed by atoms with Crippen LogP contribution in [0.4, 0.5) is 0 Å². The number of rotatable bonds is 1. The molecule has 0 unspecified atom stereocenters. The van der Waals surface area contributed by atoms with Gasteiger partial charge >= 0.3 is 0 Å². The fourth-order valence-electron chi connectivity index (χ4n) is 2.54. The second kappa shape index (κ2) is 4.31. The minimum atomic E-state index is 0.527. The molecular weight excluding hydrogens is 234 g/mol. The average molecular weight is 250 g/mol. The van der Waals surface area contributed by atoms with E-state index >= 15 is 0 Å². The Morgan fingerprint density at radius 2 is 2.18 bits per heavy atom. The number of aromatic nitrogens is 2. The molecule has 0 aromatic carbocycles. The van der Waals surface area contributed by atoms with Crippen molar-refractivity contribution in [3.05, 3.63) is 34.9 Å². The third-order valence-electron chi connectivity index (χ3n) is 3.49. The van der Waals surface area contributed by atoms with Crippen LogP contribution in [-0.4, -0.2) is 22.5 Å². The van der Waals surface area contributed by atoms with Crippen molar-refractivity contribution in [2.24, 2.45) is 0 Å². The van der Waals surface area contributed by atoms with E-state index in [1.165, 1.54) is 5.56 Å². The normalized spacial score (nSPS) is 17.8. The number of hydrogen-bond donors (Lipinski definition) is 1. The quantitative estimate of drug-likeness (QED) is 0.842. The summed E-state index contributed by atoms with van der Waals surface area (Å²) in [5, 5.41) is 4.01. The summed E-state index contributed by atoms with van der Waals surface area (Å²) in [5.74, 6) is 1.64. The molecule has 1 aliphatic rings. The number of halogens is 1. The Morgan fingerprint density at radius 1 is 1.41 bits per heavy atom. The fourth-order valence-corrected chi connectivity index (χ4v) is 2.78. The summed E-state index contributed by atoms with van der Waals surface area (Å²) in [7, 11) is 0. The van der Waals surface area contributed by atoms with Gasteiger partial charge in [-0.1, -0.05) is 11.6 Å². The van der Waals surface area contributed by atoms with Crippen LogP contribution in [0.1, 0.15) is 30.1 Å². The maximum Gasteiger partial charge on any atom is 0.155 e. The number of imidazole rings is 1. The predicted molar refractivity (Wildman–Crippen MR) is 69.8 cm³/mol. The molecule has 4 heteroatoms. The smallest absolute Gasteiger partial charge is 0.155 e. The number of piperidine rings is 1. The molecule has 1 aliphatic heterocycles. The molecule has 0 spiro atoms. The van der Waals surface area contributed by atoms with E-state index in [1.54, 1.807) is 0 Å². The summed E-state index contributed by atoms with van der Waals surface area (Å²) in [4.78, 5) is 4.56. The zero-order valence-electron chi connectivity index (χ0n) is 9.91. The number of nitrogens with one attached hydrogen (secondary N) is 1. The van der Waals surface area contributed by atoms with Gasteiger partial charge in [-0.05, 0) is 50.6 Å². The third-order valence-corrected chi connectivity index (χ3v) is 3.76. The van der Waals surface area contributed by atoms with E-state index in [1.807, 2.05) is 0 Å². The lowest BCUT2D eigenvalue weighted by molar-refractivity contribution is 0.444. The van der Waals surface area contributed by atoms with Crippen LogP contribution in [0.2, 0.25) is 5.15 Å². The Morgan fingerprint density at radius 3 is 2.94 bits per heavy atom. The first-order chi connectivity index (χ1) is 8.25. The molecule has 1 saturated heterocycles. The number of pyridine rings is 1. The van der Waals surface area contributed by atoms with E-state index in [4.69, 9.17) is 11.6 Å². The minimum Gasteiger partial charge on any atom is -0.317 e. The van der Waals surface area contributed by atoms with Gasteiger partial charge < -0.3 is 9.72 Å². The Kier molecular flexibility index (Phi) is 2.81. The van der Waals surface area contributed by atoms with Crippen LogP contribution in [0.15, 0.2) is 18.3 Å². The van der Waals surface area contributed by atoms with Gasteiger partial charge in [0.05, 0.1) is 5.52 Å². The van der Waals surface area contributed by atoms with Crippen LogP contribution in [0, 0.1) is 6.92 Å². The van der Waals surface area contributed by atoms with Crippen molar-refractivity contribution in [1.29, 1.82) is 0 Å². The molecule has 0 saturated carbocycles. The van der Waals surface area contributed by atoms with Crippen molar-refractivity contribution < 1.29 is 0 Å². The monoisotopic (exact) mass is 249 g/mol. The highest BCUT2D eigenvalue weighted by Crippen LogP contribution is 2.28. The first-order valence-corrected chi connectivity index (χ1v) is 6.48. The standard InChI is InChI=1S/C13H16ClN3/c1-9-4-7-17-11(8-9)12(14)16-13(17)10-2-5-15-6-3-10/h4,7-8,10,15H,2-3,5-6H2,1H3. The summed E-state index contributed by atoms with van der Waals surface area (Å²) in [6.07, 6.45) is 4.37. The number of fused-ring (bicyclic) bond motifs is 1. The van der Waals surface area contributed by atoms with E-state index in [-0.39, 0.29) is 0 Å². The number of nitrogens with zero attached hydrogens (tertiary/aromatic N) is 2. The van der Waals surface area contributed by atoms with Crippen LogP contribution >= 0.6 is 11.6 Å². The van der Waals surface area contributed by atoms with Crippen LogP contribution in [0.3, 0.4) is 0 Å². The van der Waals surface area contributed by atoms with Crippen molar-refractivity contribution in [2.75, 3.05) is 13.1 Å². The molecule has 0 radical (unpaired) electrons. The zero-order valence-corrected chi connectivity index (χ0v) is 10.7. The highest BCUT2D eigenvalue weighted by atomic mass is 35.5. The molecule has 0 amide bonds. The van der Waals surface area contributed by atoms with E-state index in [2.05, 4.69) is 40.0 Å². The molecule has 0 aliphatic carbocycles. The molecular formula is C13H16ClN3. The molecule has 3 heterocycles. The van der Waals surface area contributed by atoms with E-state index in [9.17, 15) is 0 Å². The molecule has 1 fully saturated rings. The Labute approximate surface area is 106 Å². The van der Waals surface area contributed by atoms with Gasteiger partial charge in [0.15, 0.2) is 5.15 Å². The summed E-state index contributed by atoms with van der Waals surface area (Å²) in [5.41, 5.74) is 2.25. The molecule has 0 bridgehead atoms. The van der Waals surface area contributed by atoms with Crippen molar-refractivity contribution in [3.8, 4) is 0 Å². The lowest BCUT2D eigenvalue weighted by Crippen LogP contribution is -2.27. The van der Waals surface area contributed by atoms with Crippen LogP contribution in [0.5, 0.6) is 0 Å². The maximum absolute atomic E-state index is 6.22. The zero-order chi connectivity index (χ0) is 11.8. The Hall–Kier alpha value is -1.06. The van der Waals surface area contributed by atoms with Crippen molar-refractivity contribution in [3.63, 3.8) is 0 Å². The average Bonchev–Trinajstić information content (AvgIpc) is 2.68. The lowest BCUT2D eigenvalue weighted by Gasteiger charge is -2.21. The first-order valence-electron chi connectivity index (χ1n) is 6.10. The molecule has 1 N–H and O–H groups in total. The SMILES string of the molecule is Cc1ccn2c(C3CCNCC3)nc(Cl)c2c1. The summed E-state index contributed by atoms with van der Waals surface area (Å²) in [6, 6.07) is 4.20. The van der Waals surface area contributed by atoms with Gasteiger partial charge in [0.1, 0.15) is 5.82 Å². The molecule has 3 rings (SSSR count). The van der Waals surface area contributed by atoms with Gasteiger partial charge in [-0.25, -0.2) is 4.98 Å². The summed E-state index contributed by atoms with van der Waals surface area (Å²) >= 11 is 6.22. The molecule has 2 aromatic heterocycles. The lowest BCUT2D eigenvalue weighted by atomic mass is 9.97. The molecule has 3 nitrogen and oxygen atoms in total. The highest BCUT2D eigenvalue weighted by Gasteiger charge is 2.21. The van der Waals surface area contributed by atoms with Crippen molar-refractivity contribution >= 4 is 17.1 Å². The highest BCUT2D eigenvalue weighted by molar-refractivity contribution is 6.32. The minimum absolute atomic E-state index is 0.527. The summed E-state index contributed by atoms with van der Waals surface area (Å²) in [6.45, 7) is 4.22. The van der Waals surface area contributed by atoms with Gasteiger partial charge in [0.25, 0.3) is 0 Å². The van der Waals surface area contributed by atoms with Crippen molar-refractivity contribution in [2.45, 2.75) is 25.7 Å². The third kappa shape index (κ3) is 1.94. The van der Waals surface area contributed by atoms with Gasteiger partial charge in [-0.15, -0.1) is 0 Å². The molecule has 0 atom stereocenters. The van der Waals surface area contributed by atoms with Crippen molar-refractivity contribution in [1.82, 2.24) is 14.7 Å². The predicted octanol–water partition coefficient (Wildman–Crippen LogP) is 2.76. The van der Waals surface area contributed by atoms with Gasteiger partial charge in [0.2, 0.25) is 0 Å². The van der Waals surface area contributed by atoms with Crippen LogP contribution in [-0.2, 0) is 0 Å². The van der Waals surface area contributed by atoms with Gasteiger partial charge in [0, 0.05) is 12.1 Å². The topological polar surface area (TPSA) is 29.3 Å². The van der Waals surface area contributed by atoms with E-state index in [0.717, 1.165) is 37.3 Å². The van der Waals surface area contributed by atoms with Crippen LogP contribution in [0.25, 0.3) is 5.52 Å². The maximum atomic E-state index is 6.22. The Bertz CT molecular complexity index is 541. The number of hydrogen-bond acceptors (Lipinski definition) is 2.